The molecule has 0 aromatic heterocycles. The SMILES string of the molecule is CC(SCCO)C(=O)O. The Kier molecular flexibility index (Phi) is 4.53. The molecule has 0 aromatic carbocycles. The first-order valence-electron chi connectivity index (χ1n) is 2.63. The first kappa shape index (κ1) is 8.78. The van der Waals surface area contributed by atoms with Crippen molar-refractivity contribution in [3.63, 3.8) is 0 Å². The van der Waals surface area contributed by atoms with Crippen LogP contribution in [-0.4, -0.2) is 33.8 Å². The largest absolute Gasteiger partial charge is 0.480 e. The summed E-state index contributed by atoms with van der Waals surface area (Å²) in [5.41, 5.74) is 0. The number of aliphatic carboxylic acids is 1. The number of carbonyl (C=O) groups is 1. The Morgan fingerprint density at radius 3 is 2.67 bits per heavy atom. The van der Waals surface area contributed by atoms with Crippen LogP contribution in [0.5, 0.6) is 0 Å². The molecule has 0 aromatic rings. The molecule has 0 spiro atoms. The highest BCUT2D eigenvalue weighted by Gasteiger charge is 2.09. The van der Waals surface area contributed by atoms with Crippen molar-refractivity contribution in [3.05, 3.63) is 0 Å². The molecule has 1 atom stereocenters. The summed E-state index contributed by atoms with van der Waals surface area (Å²) < 4.78 is 0. The molecule has 0 saturated heterocycles. The van der Waals surface area contributed by atoms with E-state index in [1.165, 1.54) is 11.8 Å². The number of carboxylic acid groups (broad SMARTS) is 1. The van der Waals surface area contributed by atoms with Crippen LogP contribution < -0.4 is 0 Å². The van der Waals surface area contributed by atoms with E-state index < -0.39 is 11.2 Å². The van der Waals surface area contributed by atoms with Crippen molar-refractivity contribution >= 4 is 17.7 Å². The van der Waals surface area contributed by atoms with Crippen LogP contribution in [0.25, 0.3) is 0 Å². The maximum absolute atomic E-state index is 10.1. The third-order valence-electron chi connectivity index (χ3n) is 0.807. The summed E-state index contributed by atoms with van der Waals surface area (Å²) in [4.78, 5) is 10.1. The normalized spacial score (nSPS) is 13.1. The van der Waals surface area contributed by atoms with Gasteiger partial charge in [-0.25, -0.2) is 0 Å². The summed E-state index contributed by atoms with van der Waals surface area (Å²) in [7, 11) is 0. The van der Waals surface area contributed by atoms with E-state index in [9.17, 15) is 4.79 Å². The summed E-state index contributed by atoms with van der Waals surface area (Å²) in [5, 5.41) is 16.2. The lowest BCUT2D eigenvalue weighted by molar-refractivity contribution is -0.136. The van der Waals surface area contributed by atoms with Crippen LogP contribution in [0, 0.1) is 0 Å². The zero-order valence-electron chi connectivity index (χ0n) is 5.20. The predicted octanol–water partition coefficient (Wildman–Crippen LogP) is 0.185. The molecular formula is C5H10O3S. The Morgan fingerprint density at radius 1 is 1.78 bits per heavy atom. The summed E-state index contributed by atoms with van der Waals surface area (Å²) >= 11 is 1.23. The van der Waals surface area contributed by atoms with Crippen LogP contribution >= 0.6 is 11.8 Å². The van der Waals surface area contributed by atoms with Crippen molar-refractivity contribution in [2.75, 3.05) is 12.4 Å². The van der Waals surface area contributed by atoms with Crippen molar-refractivity contribution in [1.29, 1.82) is 0 Å². The molecule has 0 radical (unpaired) electrons. The van der Waals surface area contributed by atoms with E-state index in [2.05, 4.69) is 0 Å². The van der Waals surface area contributed by atoms with Gasteiger partial charge in [0, 0.05) is 5.75 Å². The van der Waals surface area contributed by atoms with Gasteiger partial charge in [0.25, 0.3) is 0 Å². The van der Waals surface area contributed by atoms with Crippen molar-refractivity contribution < 1.29 is 15.0 Å². The van der Waals surface area contributed by atoms with E-state index in [1.54, 1.807) is 6.92 Å². The summed E-state index contributed by atoms with van der Waals surface area (Å²) in [5.74, 6) is -0.332. The van der Waals surface area contributed by atoms with Crippen LogP contribution in [0.2, 0.25) is 0 Å². The molecule has 4 heteroatoms. The predicted molar refractivity (Wildman–Crippen MR) is 36.6 cm³/mol. The summed E-state index contributed by atoms with van der Waals surface area (Å²) in [6.45, 7) is 1.64. The maximum Gasteiger partial charge on any atom is 0.316 e. The van der Waals surface area contributed by atoms with Gasteiger partial charge in [-0.3, -0.25) is 4.79 Å². The zero-order valence-corrected chi connectivity index (χ0v) is 6.02. The molecular weight excluding hydrogens is 140 g/mol. The number of carboxylic acids is 1. The van der Waals surface area contributed by atoms with E-state index in [1.807, 2.05) is 0 Å². The number of hydrogen-bond acceptors (Lipinski definition) is 3. The summed E-state index contributed by atoms with van der Waals surface area (Å²) in [6.07, 6.45) is 0. The Morgan fingerprint density at radius 2 is 2.33 bits per heavy atom. The molecule has 0 saturated carbocycles. The minimum absolute atomic E-state index is 0.0439. The lowest BCUT2D eigenvalue weighted by Crippen LogP contribution is -2.12. The van der Waals surface area contributed by atoms with Crippen molar-refractivity contribution in [1.82, 2.24) is 0 Å². The molecule has 0 rings (SSSR count). The third kappa shape index (κ3) is 4.29. The molecule has 0 aliphatic rings. The number of rotatable bonds is 4. The zero-order chi connectivity index (χ0) is 7.28. The molecule has 54 valence electrons. The highest BCUT2D eigenvalue weighted by atomic mass is 32.2. The molecule has 0 amide bonds. The van der Waals surface area contributed by atoms with E-state index in [4.69, 9.17) is 10.2 Å². The average molecular weight is 150 g/mol. The Hall–Kier alpha value is -0.220. The van der Waals surface area contributed by atoms with Crippen LogP contribution in [0.3, 0.4) is 0 Å². The maximum atomic E-state index is 10.1. The molecule has 3 nitrogen and oxygen atoms in total. The van der Waals surface area contributed by atoms with Gasteiger partial charge in [-0.1, -0.05) is 0 Å². The lowest BCUT2D eigenvalue weighted by atomic mass is 10.5. The number of aliphatic hydroxyl groups is 1. The quantitative estimate of drug-likeness (QED) is 0.600. The highest BCUT2D eigenvalue weighted by molar-refractivity contribution is 8.00. The number of hydrogen-bond donors (Lipinski definition) is 2. The third-order valence-corrected chi connectivity index (χ3v) is 1.93. The van der Waals surface area contributed by atoms with Gasteiger partial charge in [-0.15, -0.1) is 11.8 Å². The number of thioether (sulfide) groups is 1. The Balaban J connectivity index is 3.27. The smallest absolute Gasteiger partial charge is 0.316 e. The molecule has 1 unspecified atom stereocenters. The van der Waals surface area contributed by atoms with Crippen LogP contribution in [0.1, 0.15) is 6.92 Å². The fourth-order valence-electron chi connectivity index (χ4n) is 0.301. The van der Waals surface area contributed by atoms with Gasteiger partial charge in [0.15, 0.2) is 0 Å². The highest BCUT2D eigenvalue weighted by Crippen LogP contribution is 2.08. The van der Waals surface area contributed by atoms with Crippen LogP contribution in [0.15, 0.2) is 0 Å². The van der Waals surface area contributed by atoms with Gasteiger partial charge >= 0.3 is 5.97 Å². The molecule has 9 heavy (non-hydrogen) atoms. The van der Waals surface area contributed by atoms with Gasteiger partial charge in [0.2, 0.25) is 0 Å². The molecule has 0 bridgehead atoms. The lowest BCUT2D eigenvalue weighted by Gasteiger charge is -2.01. The monoisotopic (exact) mass is 150 g/mol. The number of aliphatic hydroxyl groups excluding tert-OH is 1. The summed E-state index contributed by atoms with van der Waals surface area (Å²) in [6, 6.07) is 0. The standard InChI is InChI=1S/C5H10O3S/c1-4(5(7)8)9-3-2-6/h4,6H,2-3H2,1H3,(H,7,8). The molecule has 0 aliphatic carbocycles. The Labute approximate surface area is 58.1 Å². The van der Waals surface area contributed by atoms with Gasteiger partial charge in [-0.2, -0.15) is 0 Å². The molecule has 0 aliphatic heterocycles. The second-order valence-corrected chi connectivity index (χ2v) is 3.02. The fourth-order valence-corrected chi connectivity index (χ4v) is 0.902. The first-order valence-corrected chi connectivity index (χ1v) is 3.68. The van der Waals surface area contributed by atoms with Gasteiger partial charge in [0.05, 0.1) is 11.9 Å². The van der Waals surface area contributed by atoms with Gasteiger partial charge < -0.3 is 10.2 Å². The molecule has 2 N–H and O–H groups in total. The molecule has 0 heterocycles. The minimum Gasteiger partial charge on any atom is -0.480 e. The topological polar surface area (TPSA) is 57.5 Å². The molecule has 0 fully saturated rings. The van der Waals surface area contributed by atoms with E-state index >= 15 is 0 Å². The second kappa shape index (κ2) is 4.64. The van der Waals surface area contributed by atoms with E-state index in [-0.39, 0.29) is 6.61 Å². The van der Waals surface area contributed by atoms with Crippen molar-refractivity contribution in [2.45, 2.75) is 12.2 Å². The van der Waals surface area contributed by atoms with Gasteiger partial charge in [-0.05, 0) is 6.92 Å². The Bertz CT molecular complexity index is 94.2. The van der Waals surface area contributed by atoms with Crippen molar-refractivity contribution in [3.8, 4) is 0 Å². The van der Waals surface area contributed by atoms with Crippen LogP contribution in [0.4, 0.5) is 0 Å². The minimum atomic E-state index is -0.826. The van der Waals surface area contributed by atoms with E-state index in [0.29, 0.717) is 5.75 Å². The van der Waals surface area contributed by atoms with Crippen LogP contribution in [-0.2, 0) is 4.79 Å². The van der Waals surface area contributed by atoms with Gasteiger partial charge in [0.1, 0.15) is 0 Å². The first-order chi connectivity index (χ1) is 4.18. The fraction of sp³-hybridized carbons (Fsp3) is 0.800. The average Bonchev–Trinajstić information content (AvgIpc) is 1.82. The second-order valence-electron chi connectivity index (χ2n) is 1.57. The van der Waals surface area contributed by atoms with E-state index in [0.717, 1.165) is 0 Å². The van der Waals surface area contributed by atoms with Crippen molar-refractivity contribution in [2.24, 2.45) is 0 Å².